The highest BCUT2D eigenvalue weighted by Gasteiger charge is 2.25. The van der Waals surface area contributed by atoms with Gasteiger partial charge in [-0.25, -0.2) is 4.39 Å². The highest BCUT2D eigenvalue weighted by molar-refractivity contribution is 5.95. The summed E-state index contributed by atoms with van der Waals surface area (Å²) in [7, 11) is 0. The largest absolute Gasteiger partial charge is 0.370 e. The zero-order valence-electron chi connectivity index (χ0n) is 17.3. The summed E-state index contributed by atoms with van der Waals surface area (Å²) in [5, 5.41) is 13.2. The minimum absolute atomic E-state index is 0.0316. The first-order chi connectivity index (χ1) is 15.5. The van der Waals surface area contributed by atoms with Gasteiger partial charge in [0.1, 0.15) is 17.4 Å². The standard InChI is InChI=1S/C25H21FN4O2/c1-2-23(31)28-19-9-11-30(12-10-19)24-20-8-5-17(13-16-3-6-18(26)7-4-16)14-22(20)29-25(32)21(24)15-27/h1,3-8,14,19H,9-13H2,(H,28,31)(H,29,32). The van der Waals surface area contributed by atoms with Crippen LogP contribution in [0, 0.1) is 29.5 Å². The van der Waals surface area contributed by atoms with Gasteiger partial charge in [-0.1, -0.05) is 24.3 Å². The highest BCUT2D eigenvalue weighted by Crippen LogP contribution is 2.31. The predicted molar refractivity (Wildman–Crippen MR) is 121 cm³/mol. The first-order valence-electron chi connectivity index (χ1n) is 10.3. The number of nitrogens with one attached hydrogen (secondary N) is 2. The summed E-state index contributed by atoms with van der Waals surface area (Å²) in [5.41, 5.74) is 2.82. The molecule has 0 saturated carbocycles. The SMILES string of the molecule is C#CC(=O)NC1CCN(c2c(C#N)c(=O)[nH]c3cc(Cc4ccc(F)cc4)ccc23)CC1. The Hall–Kier alpha value is -4.10. The van der Waals surface area contributed by atoms with Crippen LogP contribution in [-0.4, -0.2) is 30.0 Å². The van der Waals surface area contributed by atoms with Gasteiger partial charge < -0.3 is 15.2 Å². The molecule has 1 amide bonds. The number of nitrogens with zero attached hydrogens (tertiary/aromatic N) is 2. The number of halogens is 1. The summed E-state index contributed by atoms with van der Waals surface area (Å²) < 4.78 is 13.2. The smallest absolute Gasteiger partial charge is 0.295 e. The van der Waals surface area contributed by atoms with Crippen molar-refractivity contribution in [1.29, 1.82) is 5.26 Å². The molecule has 1 aliphatic heterocycles. The molecule has 2 aromatic carbocycles. The van der Waals surface area contributed by atoms with Gasteiger partial charge in [-0.2, -0.15) is 5.26 Å². The van der Waals surface area contributed by atoms with E-state index in [-0.39, 0.29) is 17.4 Å². The number of amides is 1. The van der Waals surface area contributed by atoms with E-state index in [0.29, 0.717) is 43.6 Å². The van der Waals surface area contributed by atoms with Gasteiger partial charge in [0.15, 0.2) is 0 Å². The molecule has 160 valence electrons. The van der Waals surface area contributed by atoms with E-state index in [1.165, 1.54) is 12.1 Å². The van der Waals surface area contributed by atoms with Gasteiger partial charge in [-0.05, 0) is 54.5 Å². The topological polar surface area (TPSA) is 89.0 Å². The molecule has 1 aromatic heterocycles. The molecule has 2 N–H and O–H groups in total. The molecule has 0 unspecified atom stereocenters. The van der Waals surface area contributed by atoms with Crippen molar-refractivity contribution in [3.8, 4) is 18.4 Å². The van der Waals surface area contributed by atoms with E-state index in [2.05, 4.69) is 16.2 Å². The van der Waals surface area contributed by atoms with E-state index in [1.807, 2.05) is 29.2 Å². The third-order valence-electron chi connectivity index (χ3n) is 5.76. The Balaban J connectivity index is 1.65. The molecular weight excluding hydrogens is 407 g/mol. The number of carbonyl (C=O) groups is 1. The average molecular weight is 428 g/mol. The summed E-state index contributed by atoms with van der Waals surface area (Å²) in [4.78, 5) is 29.0. The van der Waals surface area contributed by atoms with Crippen molar-refractivity contribution >= 4 is 22.5 Å². The van der Waals surface area contributed by atoms with Crippen LogP contribution in [0.2, 0.25) is 0 Å². The molecule has 1 saturated heterocycles. The molecule has 0 bridgehead atoms. The summed E-state index contributed by atoms with van der Waals surface area (Å²) >= 11 is 0. The van der Waals surface area contributed by atoms with E-state index in [1.54, 1.807) is 12.1 Å². The van der Waals surface area contributed by atoms with Crippen LogP contribution in [0.25, 0.3) is 10.9 Å². The van der Waals surface area contributed by atoms with Gasteiger partial charge in [0, 0.05) is 24.5 Å². The normalized spacial score (nSPS) is 14.0. The molecular formula is C25H21FN4O2. The number of anilines is 1. The zero-order valence-corrected chi connectivity index (χ0v) is 17.3. The molecule has 1 fully saturated rings. The van der Waals surface area contributed by atoms with Gasteiger partial charge in [0.2, 0.25) is 0 Å². The van der Waals surface area contributed by atoms with Crippen LogP contribution in [-0.2, 0) is 11.2 Å². The summed E-state index contributed by atoms with van der Waals surface area (Å²) in [6, 6.07) is 14.1. The molecule has 7 heteroatoms. The number of carbonyl (C=O) groups excluding carboxylic acids is 1. The van der Waals surface area contributed by atoms with Crippen LogP contribution < -0.4 is 15.8 Å². The van der Waals surface area contributed by atoms with E-state index in [4.69, 9.17) is 6.42 Å². The van der Waals surface area contributed by atoms with E-state index < -0.39 is 11.5 Å². The number of aromatic amines is 1. The molecule has 0 aliphatic carbocycles. The zero-order chi connectivity index (χ0) is 22.7. The fourth-order valence-corrected chi connectivity index (χ4v) is 4.18. The second-order valence-corrected chi connectivity index (χ2v) is 7.85. The number of rotatable bonds is 4. The molecule has 6 nitrogen and oxygen atoms in total. The maximum atomic E-state index is 13.2. The van der Waals surface area contributed by atoms with E-state index in [9.17, 15) is 19.2 Å². The maximum absolute atomic E-state index is 13.2. The Morgan fingerprint density at radius 2 is 1.88 bits per heavy atom. The molecule has 0 radical (unpaired) electrons. The second kappa shape index (κ2) is 8.95. The Morgan fingerprint density at radius 3 is 2.53 bits per heavy atom. The second-order valence-electron chi connectivity index (χ2n) is 7.85. The van der Waals surface area contributed by atoms with Gasteiger partial charge in [-0.15, -0.1) is 6.42 Å². The number of pyridine rings is 1. The first-order valence-corrected chi connectivity index (χ1v) is 10.3. The van der Waals surface area contributed by atoms with Crippen molar-refractivity contribution in [2.75, 3.05) is 18.0 Å². The number of fused-ring (bicyclic) bond motifs is 1. The van der Waals surface area contributed by atoms with Crippen molar-refractivity contribution in [3.05, 3.63) is 75.3 Å². The number of piperidine rings is 1. The lowest BCUT2D eigenvalue weighted by Gasteiger charge is -2.34. The van der Waals surface area contributed by atoms with Crippen LogP contribution in [0.4, 0.5) is 10.1 Å². The average Bonchev–Trinajstić information content (AvgIpc) is 2.80. The fraction of sp³-hybridized carbons (Fsp3) is 0.240. The Bertz CT molecular complexity index is 1310. The van der Waals surface area contributed by atoms with Crippen molar-refractivity contribution in [2.24, 2.45) is 0 Å². The Morgan fingerprint density at radius 1 is 1.19 bits per heavy atom. The van der Waals surface area contributed by atoms with Crippen molar-refractivity contribution in [1.82, 2.24) is 10.3 Å². The van der Waals surface area contributed by atoms with E-state index >= 15 is 0 Å². The molecule has 0 spiro atoms. The fourth-order valence-electron chi connectivity index (χ4n) is 4.18. The molecule has 32 heavy (non-hydrogen) atoms. The predicted octanol–water partition coefficient (Wildman–Crippen LogP) is 2.85. The maximum Gasteiger partial charge on any atom is 0.295 e. The van der Waals surface area contributed by atoms with Crippen molar-refractivity contribution in [2.45, 2.75) is 25.3 Å². The molecule has 4 rings (SSSR count). The van der Waals surface area contributed by atoms with E-state index in [0.717, 1.165) is 16.5 Å². The van der Waals surface area contributed by atoms with Gasteiger partial charge >= 0.3 is 0 Å². The Kier molecular flexibility index (Phi) is 5.91. The highest BCUT2D eigenvalue weighted by atomic mass is 19.1. The third-order valence-corrected chi connectivity index (χ3v) is 5.76. The number of hydrogen-bond acceptors (Lipinski definition) is 4. The lowest BCUT2D eigenvalue weighted by Crippen LogP contribution is -2.45. The van der Waals surface area contributed by atoms with Crippen LogP contribution in [0.15, 0.2) is 47.3 Å². The van der Waals surface area contributed by atoms with Crippen LogP contribution in [0.1, 0.15) is 29.5 Å². The number of terminal acetylenes is 1. The summed E-state index contributed by atoms with van der Waals surface area (Å²) in [6.45, 7) is 1.17. The first kappa shape index (κ1) is 21.1. The summed E-state index contributed by atoms with van der Waals surface area (Å²) in [6.07, 6.45) is 7.04. The molecule has 1 aliphatic rings. The molecule has 0 atom stereocenters. The lowest BCUT2D eigenvalue weighted by atomic mass is 9.99. The molecule has 2 heterocycles. The number of benzene rings is 2. The number of aromatic nitrogens is 1. The molecule has 3 aromatic rings. The Labute approximate surface area is 184 Å². The van der Waals surface area contributed by atoms with Crippen LogP contribution >= 0.6 is 0 Å². The monoisotopic (exact) mass is 428 g/mol. The van der Waals surface area contributed by atoms with Gasteiger partial charge in [0.05, 0.1) is 11.2 Å². The quantitative estimate of drug-likeness (QED) is 0.626. The minimum Gasteiger partial charge on any atom is -0.370 e. The number of nitriles is 1. The van der Waals surface area contributed by atoms with Crippen LogP contribution in [0.5, 0.6) is 0 Å². The van der Waals surface area contributed by atoms with Gasteiger partial charge in [0.25, 0.3) is 11.5 Å². The third kappa shape index (κ3) is 4.33. The van der Waals surface area contributed by atoms with Crippen LogP contribution in [0.3, 0.4) is 0 Å². The number of H-pyrrole nitrogens is 1. The minimum atomic E-state index is -0.434. The lowest BCUT2D eigenvalue weighted by molar-refractivity contribution is -0.116. The van der Waals surface area contributed by atoms with Crippen molar-refractivity contribution < 1.29 is 9.18 Å². The summed E-state index contributed by atoms with van der Waals surface area (Å²) in [5.74, 6) is 1.34. The van der Waals surface area contributed by atoms with Gasteiger partial charge in [-0.3, -0.25) is 9.59 Å². The number of hydrogen-bond donors (Lipinski definition) is 2. The van der Waals surface area contributed by atoms with Crippen molar-refractivity contribution in [3.63, 3.8) is 0 Å².